The minimum Gasteiger partial charge on any atom is -0.280 e. The topological polar surface area (TPSA) is 37.4 Å². The number of carbonyl (C=O) groups excluding carboxylic acids is 2. The van der Waals surface area contributed by atoms with Gasteiger partial charge < -0.3 is 0 Å². The van der Waals surface area contributed by atoms with E-state index in [4.69, 9.17) is 0 Å². The zero-order chi connectivity index (χ0) is 12.0. The van der Waals surface area contributed by atoms with Crippen molar-refractivity contribution in [3.05, 3.63) is 48.0 Å². The van der Waals surface area contributed by atoms with Gasteiger partial charge in [-0.05, 0) is 12.5 Å². The number of benzene rings is 1. The second kappa shape index (κ2) is 5.85. The van der Waals surface area contributed by atoms with Gasteiger partial charge in [-0.25, -0.2) is 0 Å². The van der Waals surface area contributed by atoms with Crippen molar-refractivity contribution in [2.24, 2.45) is 0 Å². The number of carbonyl (C=O) groups is 2. The van der Waals surface area contributed by atoms with Crippen molar-refractivity contribution < 1.29 is 9.59 Å². The molecular weight excluding hydrogens is 202 g/mol. The van der Waals surface area contributed by atoms with Crippen LogP contribution in [0.15, 0.2) is 42.5 Å². The van der Waals surface area contributed by atoms with Crippen molar-refractivity contribution in [1.82, 2.24) is 4.90 Å². The summed E-state index contributed by atoms with van der Waals surface area (Å²) in [6.45, 7) is 5.74. The summed E-state index contributed by atoms with van der Waals surface area (Å²) in [4.78, 5) is 23.6. The summed E-state index contributed by atoms with van der Waals surface area (Å²) < 4.78 is 0. The van der Waals surface area contributed by atoms with E-state index >= 15 is 0 Å². The molecular formula is C13H15NO2. The summed E-state index contributed by atoms with van der Waals surface area (Å²) in [7, 11) is 0. The lowest BCUT2D eigenvalue weighted by atomic mass is 10.2. The molecule has 0 aliphatic heterocycles. The number of hydrogen-bond acceptors (Lipinski definition) is 2. The SMILES string of the molecule is C=C(C)CC(=O)N(C=O)Cc1ccccc1. The van der Waals surface area contributed by atoms with Crippen molar-refractivity contribution in [2.75, 3.05) is 0 Å². The maximum atomic E-state index is 11.6. The average molecular weight is 217 g/mol. The first-order chi connectivity index (χ1) is 7.63. The number of nitrogens with zero attached hydrogens (tertiary/aromatic N) is 1. The van der Waals surface area contributed by atoms with Gasteiger partial charge in [0.2, 0.25) is 12.3 Å². The van der Waals surface area contributed by atoms with E-state index in [1.54, 1.807) is 6.92 Å². The van der Waals surface area contributed by atoms with Gasteiger partial charge in [-0.3, -0.25) is 14.5 Å². The highest BCUT2D eigenvalue weighted by Gasteiger charge is 2.12. The molecule has 0 radical (unpaired) electrons. The van der Waals surface area contributed by atoms with E-state index in [-0.39, 0.29) is 12.3 Å². The normalized spacial score (nSPS) is 9.56. The van der Waals surface area contributed by atoms with Gasteiger partial charge in [0.1, 0.15) is 0 Å². The molecule has 1 aromatic carbocycles. The Hall–Kier alpha value is -1.90. The second-order valence-electron chi connectivity index (χ2n) is 3.75. The Morgan fingerprint density at radius 2 is 2.00 bits per heavy atom. The minimum absolute atomic E-state index is 0.214. The van der Waals surface area contributed by atoms with Crippen LogP contribution in [0.5, 0.6) is 0 Å². The molecule has 3 nitrogen and oxygen atoms in total. The third-order valence-corrected chi connectivity index (χ3v) is 2.10. The summed E-state index contributed by atoms with van der Waals surface area (Å²) >= 11 is 0. The highest BCUT2D eigenvalue weighted by Crippen LogP contribution is 2.06. The van der Waals surface area contributed by atoms with Crippen LogP contribution in [0, 0.1) is 0 Å². The van der Waals surface area contributed by atoms with Crippen LogP contribution in [0.2, 0.25) is 0 Å². The second-order valence-corrected chi connectivity index (χ2v) is 3.75. The maximum absolute atomic E-state index is 11.6. The van der Waals surface area contributed by atoms with Crippen LogP contribution in [0.25, 0.3) is 0 Å². The number of amides is 2. The molecule has 1 rings (SSSR count). The molecule has 0 N–H and O–H groups in total. The van der Waals surface area contributed by atoms with Gasteiger partial charge in [-0.1, -0.05) is 42.5 Å². The fraction of sp³-hybridized carbons (Fsp3) is 0.231. The van der Waals surface area contributed by atoms with Gasteiger partial charge in [0, 0.05) is 6.42 Å². The first kappa shape index (κ1) is 12.2. The van der Waals surface area contributed by atoms with E-state index in [1.165, 1.54) is 4.90 Å². The first-order valence-corrected chi connectivity index (χ1v) is 5.06. The molecule has 0 atom stereocenters. The largest absolute Gasteiger partial charge is 0.280 e. The number of rotatable bonds is 5. The highest BCUT2D eigenvalue weighted by molar-refractivity contribution is 5.87. The van der Waals surface area contributed by atoms with E-state index in [0.717, 1.165) is 11.1 Å². The maximum Gasteiger partial charge on any atom is 0.233 e. The first-order valence-electron chi connectivity index (χ1n) is 5.06. The van der Waals surface area contributed by atoms with Gasteiger partial charge in [-0.15, -0.1) is 0 Å². The summed E-state index contributed by atoms with van der Waals surface area (Å²) in [5.74, 6) is -0.216. The Kier molecular flexibility index (Phi) is 4.45. The van der Waals surface area contributed by atoms with Gasteiger partial charge in [-0.2, -0.15) is 0 Å². The molecule has 0 aromatic heterocycles. The fourth-order valence-electron chi connectivity index (χ4n) is 1.32. The van der Waals surface area contributed by atoms with Crippen molar-refractivity contribution in [1.29, 1.82) is 0 Å². The molecule has 0 spiro atoms. The Bertz CT molecular complexity index is 384. The molecule has 84 valence electrons. The third-order valence-electron chi connectivity index (χ3n) is 2.10. The van der Waals surface area contributed by atoms with E-state index in [0.29, 0.717) is 13.0 Å². The predicted molar refractivity (Wildman–Crippen MR) is 62.5 cm³/mol. The molecule has 0 aliphatic carbocycles. The molecule has 0 aliphatic rings. The monoisotopic (exact) mass is 217 g/mol. The Balaban J connectivity index is 2.66. The quantitative estimate of drug-likeness (QED) is 0.559. The molecule has 3 heteroatoms. The summed E-state index contributed by atoms with van der Waals surface area (Å²) in [5, 5.41) is 0. The van der Waals surface area contributed by atoms with Crippen LogP contribution in [0.4, 0.5) is 0 Å². The zero-order valence-corrected chi connectivity index (χ0v) is 9.35. The van der Waals surface area contributed by atoms with Crippen molar-refractivity contribution in [3.63, 3.8) is 0 Å². The molecule has 0 saturated carbocycles. The average Bonchev–Trinajstić information content (AvgIpc) is 2.26. The fourth-order valence-corrected chi connectivity index (χ4v) is 1.32. The van der Waals surface area contributed by atoms with E-state index < -0.39 is 0 Å². The lowest BCUT2D eigenvalue weighted by Gasteiger charge is -2.15. The van der Waals surface area contributed by atoms with Gasteiger partial charge in [0.25, 0.3) is 0 Å². The molecule has 0 bridgehead atoms. The van der Waals surface area contributed by atoms with E-state index in [9.17, 15) is 9.59 Å². The molecule has 16 heavy (non-hydrogen) atoms. The Labute approximate surface area is 95.4 Å². The standard InChI is InChI=1S/C13H15NO2/c1-11(2)8-13(16)14(10-15)9-12-6-4-3-5-7-12/h3-7,10H,1,8-9H2,2H3. The molecule has 1 aromatic rings. The highest BCUT2D eigenvalue weighted by atomic mass is 16.2. The van der Waals surface area contributed by atoms with Gasteiger partial charge >= 0.3 is 0 Å². The van der Waals surface area contributed by atoms with Crippen molar-refractivity contribution >= 4 is 12.3 Å². The van der Waals surface area contributed by atoms with Crippen LogP contribution in [-0.4, -0.2) is 17.2 Å². The zero-order valence-electron chi connectivity index (χ0n) is 9.35. The molecule has 0 unspecified atom stereocenters. The van der Waals surface area contributed by atoms with Gasteiger partial charge in [0.05, 0.1) is 6.54 Å². The smallest absolute Gasteiger partial charge is 0.233 e. The van der Waals surface area contributed by atoms with E-state index in [1.807, 2.05) is 30.3 Å². The Morgan fingerprint density at radius 1 is 1.38 bits per heavy atom. The summed E-state index contributed by atoms with van der Waals surface area (Å²) in [6.07, 6.45) is 0.782. The van der Waals surface area contributed by atoms with Gasteiger partial charge in [0.15, 0.2) is 0 Å². The Morgan fingerprint density at radius 3 is 2.50 bits per heavy atom. The van der Waals surface area contributed by atoms with Crippen molar-refractivity contribution in [2.45, 2.75) is 19.9 Å². The number of imide groups is 1. The van der Waals surface area contributed by atoms with Crippen LogP contribution >= 0.6 is 0 Å². The summed E-state index contributed by atoms with van der Waals surface area (Å²) in [5.41, 5.74) is 1.69. The molecule has 2 amide bonds. The molecule has 0 heterocycles. The van der Waals surface area contributed by atoms with Crippen molar-refractivity contribution in [3.8, 4) is 0 Å². The lowest BCUT2D eigenvalue weighted by molar-refractivity contribution is -0.138. The van der Waals surface area contributed by atoms with Crippen LogP contribution in [0.3, 0.4) is 0 Å². The number of hydrogen-bond donors (Lipinski definition) is 0. The van der Waals surface area contributed by atoms with Crippen LogP contribution < -0.4 is 0 Å². The van der Waals surface area contributed by atoms with E-state index in [2.05, 4.69) is 6.58 Å². The summed E-state index contributed by atoms with van der Waals surface area (Å²) in [6, 6.07) is 9.41. The molecule has 0 fully saturated rings. The third kappa shape index (κ3) is 3.69. The van der Waals surface area contributed by atoms with Crippen LogP contribution in [0.1, 0.15) is 18.9 Å². The minimum atomic E-state index is -0.216. The van der Waals surface area contributed by atoms with Crippen LogP contribution in [-0.2, 0) is 16.1 Å². The molecule has 0 saturated heterocycles. The lowest BCUT2D eigenvalue weighted by Crippen LogP contribution is -2.28. The predicted octanol–water partition coefficient (Wildman–Crippen LogP) is 2.14.